The molecule has 1 aliphatic rings. The monoisotopic (exact) mass is 302 g/mol. The van der Waals surface area contributed by atoms with Crippen molar-refractivity contribution in [2.45, 2.75) is 31.3 Å². The Kier molecular flexibility index (Phi) is 4.15. The van der Waals surface area contributed by atoms with Crippen molar-refractivity contribution in [3.8, 4) is 0 Å². The molecular weight excluding hydrogens is 287 g/mol. The van der Waals surface area contributed by atoms with Crippen LogP contribution in [-0.4, -0.2) is 29.2 Å². The molecule has 5 nitrogen and oxygen atoms in total. The quantitative estimate of drug-likeness (QED) is 0.685. The van der Waals surface area contributed by atoms with Gasteiger partial charge in [-0.15, -0.1) is 0 Å². The highest BCUT2D eigenvalue weighted by Crippen LogP contribution is 2.36. The Morgan fingerprint density at radius 2 is 2.10 bits per heavy atom. The molecule has 1 fully saturated rings. The van der Waals surface area contributed by atoms with Crippen molar-refractivity contribution in [2.75, 3.05) is 18.5 Å². The number of nitrogens with zero attached hydrogens (tertiary/aromatic N) is 2. The minimum absolute atomic E-state index is 0.170. The van der Waals surface area contributed by atoms with Gasteiger partial charge in [0.15, 0.2) is 0 Å². The first-order valence-corrected chi connectivity index (χ1v) is 6.77. The fraction of sp³-hybridized carbons (Fsp3) is 0.538. The van der Waals surface area contributed by atoms with Crippen molar-refractivity contribution in [3.05, 3.63) is 33.1 Å². The molecule has 0 saturated heterocycles. The smallest absolute Gasteiger partial charge is 0.295 e. The summed E-state index contributed by atoms with van der Waals surface area (Å²) in [7, 11) is 1.63. The first-order valence-electron chi connectivity index (χ1n) is 6.39. The van der Waals surface area contributed by atoms with Gasteiger partial charge < -0.3 is 10.0 Å². The summed E-state index contributed by atoms with van der Waals surface area (Å²) in [6, 6.07) is 2.04. The summed E-state index contributed by atoms with van der Waals surface area (Å²) in [5.74, 6) is -0.824. The summed E-state index contributed by atoms with van der Waals surface area (Å²) in [4.78, 5) is 11.9. The molecule has 0 radical (unpaired) electrons. The molecule has 1 aliphatic carbocycles. The van der Waals surface area contributed by atoms with Gasteiger partial charge in [-0.3, -0.25) is 10.1 Å². The number of nitro benzene ring substituents is 1. The van der Waals surface area contributed by atoms with Gasteiger partial charge in [-0.2, -0.15) is 0 Å². The second-order valence-electron chi connectivity index (χ2n) is 5.30. The highest BCUT2D eigenvalue weighted by atomic mass is 35.5. The van der Waals surface area contributed by atoms with Crippen LogP contribution in [0.2, 0.25) is 5.02 Å². The van der Waals surface area contributed by atoms with Crippen molar-refractivity contribution < 1.29 is 14.4 Å². The van der Waals surface area contributed by atoms with Crippen LogP contribution in [0.3, 0.4) is 0 Å². The van der Waals surface area contributed by atoms with Gasteiger partial charge in [-0.25, -0.2) is 4.39 Å². The molecule has 0 unspecified atom stereocenters. The average Bonchev–Trinajstić information content (AvgIpc) is 2.78. The van der Waals surface area contributed by atoms with Gasteiger partial charge in [0.25, 0.3) is 5.69 Å². The summed E-state index contributed by atoms with van der Waals surface area (Å²) >= 11 is 5.70. The molecule has 0 aromatic heterocycles. The van der Waals surface area contributed by atoms with Crippen LogP contribution in [0.25, 0.3) is 0 Å². The Morgan fingerprint density at radius 3 is 2.65 bits per heavy atom. The Balaban J connectivity index is 2.31. The molecule has 1 N–H and O–H groups in total. The summed E-state index contributed by atoms with van der Waals surface area (Å²) in [5, 5.41) is 21.2. The van der Waals surface area contributed by atoms with E-state index in [0.717, 1.165) is 18.9 Å². The lowest BCUT2D eigenvalue weighted by Gasteiger charge is -2.29. The van der Waals surface area contributed by atoms with Crippen molar-refractivity contribution in [1.82, 2.24) is 0 Å². The molecule has 0 amide bonds. The molecule has 1 saturated carbocycles. The van der Waals surface area contributed by atoms with E-state index in [2.05, 4.69) is 0 Å². The maximum atomic E-state index is 13.4. The number of halogens is 2. The highest BCUT2D eigenvalue weighted by Gasteiger charge is 2.34. The number of nitro groups is 1. The average molecular weight is 303 g/mol. The zero-order chi connectivity index (χ0) is 14.9. The van der Waals surface area contributed by atoms with E-state index >= 15 is 0 Å². The van der Waals surface area contributed by atoms with Crippen LogP contribution in [-0.2, 0) is 0 Å². The molecule has 2 rings (SSSR count). The number of rotatable bonds is 4. The zero-order valence-corrected chi connectivity index (χ0v) is 11.9. The molecule has 1 aromatic rings. The van der Waals surface area contributed by atoms with Crippen LogP contribution in [0.5, 0.6) is 0 Å². The Hall–Kier alpha value is -1.40. The van der Waals surface area contributed by atoms with Gasteiger partial charge in [0, 0.05) is 13.6 Å². The second-order valence-corrected chi connectivity index (χ2v) is 5.71. The first-order chi connectivity index (χ1) is 9.32. The van der Waals surface area contributed by atoms with Gasteiger partial charge in [0.1, 0.15) is 11.5 Å². The van der Waals surface area contributed by atoms with E-state index in [1.54, 1.807) is 11.9 Å². The summed E-state index contributed by atoms with van der Waals surface area (Å²) in [6.07, 6.45) is 3.22. The second kappa shape index (κ2) is 5.54. The molecule has 0 bridgehead atoms. The Morgan fingerprint density at radius 1 is 1.50 bits per heavy atom. The molecular formula is C13H16ClFN2O3. The van der Waals surface area contributed by atoms with Crippen LogP contribution >= 0.6 is 11.6 Å². The van der Waals surface area contributed by atoms with Gasteiger partial charge in [-0.1, -0.05) is 24.4 Å². The number of hydrogen-bond donors (Lipinski definition) is 1. The van der Waals surface area contributed by atoms with Crippen molar-refractivity contribution in [3.63, 3.8) is 0 Å². The third-order valence-electron chi connectivity index (χ3n) is 3.69. The fourth-order valence-electron chi connectivity index (χ4n) is 2.70. The van der Waals surface area contributed by atoms with E-state index in [-0.39, 0.29) is 22.9 Å². The van der Waals surface area contributed by atoms with Crippen molar-refractivity contribution >= 4 is 23.0 Å². The molecule has 20 heavy (non-hydrogen) atoms. The number of aliphatic hydroxyl groups is 1. The number of anilines is 1. The molecule has 0 heterocycles. The van der Waals surface area contributed by atoms with Gasteiger partial charge in [-0.05, 0) is 18.9 Å². The van der Waals surface area contributed by atoms with Crippen LogP contribution in [0, 0.1) is 15.9 Å². The molecule has 0 spiro atoms. The minimum Gasteiger partial charge on any atom is -0.388 e. The SMILES string of the molecule is CN(CC1(O)CCCC1)c1cc(Cl)c(F)cc1[N+](=O)[O-]. The van der Waals surface area contributed by atoms with Gasteiger partial charge in [0.05, 0.1) is 21.6 Å². The normalized spacial score (nSPS) is 17.2. The van der Waals surface area contributed by atoms with Crippen LogP contribution in [0.1, 0.15) is 25.7 Å². The summed E-state index contributed by atoms with van der Waals surface area (Å²) < 4.78 is 13.4. The third kappa shape index (κ3) is 3.02. The third-order valence-corrected chi connectivity index (χ3v) is 3.98. The molecule has 1 aromatic carbocycles. The van der Waals surface area contributed by atoms with Crippen LogP contribution in [0.4, 0.5) is 15.8 Å². The lowest BCUT2D eigenvalue weighted by atomic mass is 10.0. The topological polar surface area (TPSA) is 66.6 Å². The lowest BCUT2D eigenvalue weighted by Crippen LogP contribution is -2.39. The van der Waals surface area contributed by atoms with Crippen molar-refractivity contribution in [1.29, 1.82) is 0 Å². The highest BCUT2D eigenvalue weighted by molar-refractivity contribution is 6.31. The lowest BCUT2D eigenvalue weighted by molar-refractivity contribution is -0.384. The first kappa shape index (κ1) is 15.0. The van der Waals surface area contributed by atoms with E-state index in [1.165, 1.54) is 6.07 Å². The molecule has 0 atom stereocenters. The molecule has 110 valence electrons. The predicted molar refractivity (Wildman–Crippen MR) is 74.8 cm³/mol. The van der Waals surface area contributed by atoms with E-state index < -0.39 is 16.3 Å². The Labute approximate surface area is 121 Å². The number of likely N-dealkylation sites (N-methyl/N-ethyl adjacent to an activating group) is 1. The van der Waals surface area contributed by atoms with E-state index in [9.17, 15) is 19.6 Å². The van der Waals surface area contributed by atoms with E-state index in [0.29, 0.717) is 12.8 Å². The summed E-state index contributed by atoms with van der Waals surface area (Å²) in [6.45, 7) is 0.260. The fourth-order valence-corrected chi connectivity index (χ4v) is 2.85. The minimum atomic E-state index is -0.844. The van der Waals surface area contributed by atoms with E-state index in [1.807, 2.05) is 0 Å². The molecule has 0 aliphatic heterocycles. The number of benzene rings is 1. The maximum absolute atomic E-state index is 13.4. The number of hydrogen-bond acceptors (Lipinski definition) is 4. The Bertz CT molecular complexity index is 533. The maximum Gasteiger partial charge on any atom is 0.295 e. The summed E-state index contributed by atoms with van der Waals surface area (Å²) in [5.41, 5.74) is -0.985. The molecule has 7 heteroatoms. The predicted octanol–water partition coefficient (Wildman–Crippen LogP) is 3.13. The standard InChI is InChI=1S/C13H16ClFN2O3/c1-16(8-13(18)4-2-3-5-13)11-6-9(14)10(15)7-12(11)17(19)20/h6-7,18H,2-5,8H2,1H3. The van der Waals surface area contributed by atoms with Crippen molar-refractivity contribution in [2.24, 2.45) is 0 Å². The largest absolute Gasteiger partial charge is 0.388 e. The van der Waals surface area contributed by atoms with Crippen LogP contribution in [0.15, 0.2) is 12.1 Å². The van der Waals surface area contributed by atoms with Gasteiger partial charge in [0.2, 0.25) is 0 Å². The van der Waals surface area contributed by atoms with E-state index in [4.69, 9.17) is 11.6 Å². The van der Waals surface area contributed by atoms with Gasteiger partial charge >= 0.3 is 0 Å². The van der Waals surface area contributed by atoms with Crippen LogP contribution < -0.4 is 4.90 Å². The zero-order valence-electron chi connectivity index (χ0n) is 11.1.